The maximum Gasteiger partial charge on any atom is 0.134 e. The fraction of sp³-hybridized carbons (Fsp3) is 0.636. The molecule has 2 N–H and O–H groups in total. The van der Waals surface area contributed by atoms with Crippen molar-refractivity contribution in [2.45, 2.75) is 38.8 Å². The van der Waals surface area contributed by atoms with Crippen LogP contribution in [-0.2, 0) is 0 Å². The summed E-state index contributed by atoms with van der Waals surface area (Å²) in [6, 6.07) is 1.96. The Labute approximate surface area is 99.0 Å². The van der Waals surface area contributed by atoms with Gasteiger partial charge in [-0.05, 0) is 42.3 Å². The molecule has 86 valence electrons. The van der Waals surface area contributed by atoms with Gasteiger partial charge in [0, 0.05) is 6.54 Å². The first-order valence-corrected chi connectivity index (χ1v) is 5.94. The molecule has 15 heavy (non-hydrogen) atoms. The molecule has 0 radical (unpaired) electrons. The summed E-state index contributed by atoms with van der Waals surface area (Å²) in [7, 11) is 0. The molecule has 0 aromatic carbocycles. The van der Waals surface area contributed by atoms with E-state index in [0.717, 1.165) is 16.7 Å². The molecular formula is C11H18BrNO2. The maximum absolute atomic E-state index is 9.83. The van der Waals surface area contributed by atoms with E-state index in [1.54, 1.807) is 6.26 Å². The molecule has 3 nitrogen and oxygen atoms in total. The van der Waals surface area contributed by atoms with Crippen molar-refractivity contribution in [3.8, 4) is 0 Å². The Hall–Kier alpha value is -0.320. The summed E-state index contributed by atoms with van der Waals surface area (Å²) in [5.41, 5.74) is -0.659. The van der Waals surface area contributed by atoms with Gasteiger partial charge in [-0.15, -0.1) is 0 Å². The first-order chi connectivity index (χ1) is 6.96. The summed E-state index contributed by atoms with van der Waals surface area (Å²) in [6.07, 6.45) is 2.38. The molecule has 2 atom stereocenters. The third-order valence-corrected chi connectivity index (χ3v) is 3.24. The third kappa shape index (κ3) is 3.63. The van der Waals surface area contributed by atoms with Crippen molar-refractivity contribution in [1.29, 1.82) is 0 Å². The SMILES string of the molecule is CCC(C)(O)CNC(C)c1occc1Br. The monoisotopic (exact) mass is 275 g/mol. The highest BCUT2D eigenvalue weighted by Gasteiger charge is 2.20. The summed E-state index contributed by atoms with van der Waals surface area (Å²) in [4.78, 5) is 0. The molecule has 0 aliphatic heterocycles. The minimum Gasteiger partial charge on any atom is -0.466 e. The number of aliphatic hydroxyl groups is 1. The van der Waals surface area contributed by atoms with Crippen LogP contribution in [0.25, 0.3) is 0 Å². The van der Waals surface area contributed by atoms with E-state index < -0.39 is 5.60 Å². The van der Waals surface area contributed by atoms with Crippen LogP contribution in [0.5, 0.6) is 0 Å². The van der Waals surface area contributed by atoms with E-state index in [-0.39, 0.29) is 6.04 Å². The van der Waals surface area contributed by atoms with E-state index in [2.05, 4.69) is 21.2 Å². The zero-order chi connectivity index (χ0) is 11.5. The first-order valence-electron chi connectivity index (χ1n) is 5.15. The van der Waals surface area contributed by atoms with E-state index in [1.165, 1.54) is 0 Å². The lowest BCUT2D eigenvalue weighted by Gasteiger charge is -2.23. The molecule has 1 aromatic rings. The lowest BCUT2D eigenvalue weighted by atomic mass is 10.0. The van der Waals surface area contributed by atoms with Crippen molar-refractivity contribution in [2.75, 3.05) is 6.54 Å². The minimum atomic E-state index is -0.659. The van der Waals surface area contributed by atoms with Crippen molar-refractivity contribution in [3.05, 3.63) is 22.6 Å². The van der Waals surface area contributed by atoms with E-state index in [4.69, 9.17) is 4.42 Å². The second-order valence-electron chi connectivity index (χ2n) is 4.09. The number of halogens is 1. The van der Waals surface area contributed by atoms with Crippen LogP contribution in [0.2, 0.25) is 0 Å². The second-order valence-corrected chi connectivity index (χ2v) is 4.94. The van der Waals surface area contributed by atoms with E-state index in [0.29, 0.717) is 6.54 Å². The summed E-state index contributed by atoms with van der Waals surface area (Å²) in [6.45, 7) is 6.35. The normalized spacial score (nSPS) is 17.4. The molecule has 1 aromatic heterocycles. The Balaban J connectivity index is 2.50. The first kappa shape index (κ1) is 12.7. The lowest BCUT2D eigenvalue weighted by Crippen LogP contribution is -2.38. The number of rotatable bonds is 5. The Kier molecular flexibility index (Phi) is 4.37. The number of hydrogen-bond donors (Lipinski definition) is 2. The Morgan fingerprint density at radius 3 is 2.80 bits per heavy atom. The molecule has 1 heterocycles. The molecule has 1 rings (SSSR count). The van der Waals surface area contributed by atoms with Crippen LogP contribution in [0.15, 0.2) is 21.2 Å². The molecule has 0 bridgehead atoms. The van der Waals surface area contributed by atoms with Crippen LogP contribution < -0.4 is 5.32 Å². The van der Waals surface area contributed by atoms with Crippen LogP contribution in [0.4, 0.5) is 0 Å². The van der Waals surface area contributed by atoms with Gasteiger partial charge >= 0.3 is 0 Å². The van der Waals surface area contributed by atoms with Crippen molar-refractivity contribution in [2.24, 2.45) is 0 Å². The lowest BCUT2D eigenvalue weighted by molar-refractivity contribution is 0.0526. The van der Waals surface area contributed by atoms with Crippen LogP contribution in [-0.4, -0.2) is 17.3 Å². The van der Waals surface area contributed by atoms with Gasteiger partial charge in [-0.2, -0.15) is 0 Å². The predicted octanol–water partition coefficient (Wildman–Crippen LogP) is 2.85. The van der Waals surface area contributed by atoms with Gasteiger partial charge in [-0.25, -0.2) is 0 Å². The average Bonchev–Trinajstić information content (AvgIpc) is 2.61. The maximum atomic E-state index is 9.83. The van der Waals surface area contributed by atoms with Gasteiger partial charge in [-0.3, -0.25) is 0 Å². The van der Waals surface area contributed by atoms with Crippen LogP contribution >= 0.6 is 15.9 Å². The van der Waals surface area contributed by atoms with Crippen LogP contribution in [0, 0.1) is 0 Å². The zero-order valence-corrected chi connectivity index (χ0v) is 11.0. The van der Waals surface area contributed by atoms with Gasteiger partial charge in [0.05, 0.1) is 22.4 Å². The third-order valence-electron chi connectivity index (χ3n) is 2.59. The van der Waals surface area contributed by atoms with Crippen molar-refractivity contribution in [3.63, 3.8) is 0 Å². The molecule has 0 amide bonds. The molecular weight excluding hydrogens is 258 g/mol. The number of furan rings is 1. The summed E-state index contributed by atoms with van der Waals surface area (Å²) in [5.74, 6) is 0.863. The molecule has 2 unspecified atom stereocenters. The summed E-state index contributed by atoms with van der Waals surface area (Å²) >= 11 is 3.41. The summed E-state index contributed by atoms with van der Waals surface area (Å²) < 4.78 is 6.29. The topological polar surface area (TPSA) is 45.4 Å². The summed E-state index contributed by atoms with van der Waals surface area (Å²) in [5, 5.41) is 13.1. The van der Waals surface area contributed by atoms with Crippen molar-refractivity contribution in [1.82, 2.24) is 5.32 Å². The minimum absolute atomic E-state index is 0.0902. The molecule has 0 saturated heterocycles. The van der Waals surface area contributed by atoms with Crippen LogP contribution in [0.3, 0.4) is 0 Å². The number of nitrogens with one attached hydrogen (secondary N) is 1. The highest BCUT2D eigenvalue weighted by molar-refractivity contribution is 9.10. The molecule has 0 spiro atoms. The fourth-order valence-corrected chi connectivity index (χ4v) is 1.75. The van der Waals surface area contributed by atoms with Crippen LogP contribution in [0.1, 0.15) is 39.0 Å². The fourth-order valence-electron chi connectivity index (χ4n) is 1.21. The van der Waals surface area contributed by atoms with Gasteiger partial charge < -0.3 is 14.8 Å². The largest absolute Gasteiger partial charge is 0.466 e. The smallest absolute Gasteiger partial charge is 0.134 e. The molecule has 0 fully saturated rings. The zero-order valence-electron chi connectivity index (χ0n) is 9.38. The van der Waals surface area contributed by atoms with Gasteiger partial charge in [0.25, 0.3) is 0 Å². The average molecular weight is 276 g/mol. The highest BCUT2D eigenvalue weighted by atomic mass is 79.9. The van der Waals surface area contributed by atoms with Crippen molar-refractivity contribution < 1.29 is 9.52 Å². The Morgan fingerprint density at radius 1 is 1.67 bits per heavy atom. The van der Waals surface area contributed by atoms with E-state index in [1.807, 2.05) is 26.8 Å². The highest BCUT2D eigenvalue weighted by Crippen LogP contribution is 2.24. The second kappa shape index (κ2) is 5.14. The molecule has 0 saturated carbocycles. The number of hydrogen-bond acceptors (Lipinski definition) is 3. The molecule has 4 heteroatoms. The van der Waals surface area contributed by atoms with Gasteiger partial charge in [0.2, 0.25) is 0 Å². The predicted molar refractivity (Wildman–Crippen MR) is 63.7 cm³/mol. The van der Waals surface area contributed by atoms with Gasteiger partial charge in [0.15, 0.2) is 0 Å². The Morgan fingerprint density at radius 2 is 2.33 bits per heavy atom. The van der Waals surface area contributed by atoms with E-state index >= 15 is 0 Å². The standard InChI is InChI=1S/C11H18BrNO2/c1-4-11(3,14)7-13-8(2)10-9(12)5-6-15-10/h5-6,8,13-14H,4,7H2,1-3H3. The van der Waals surface area contributed by atoms with Gasteiger partial charge in [0.1, 0.15) is 5.76 Å². The van der Waals surface area contributed by atoms with Gasteiger partial charge in [-0.1, -0.05) is 6.92 Å². The molecule has 0 aliphatic rings. The Bertz CT molecular complexity index is 309. The van der Waals surface area contributed by atoms with E-state index in [9.17, 15) is 5.11 Å². The molecule has 0 aliphatic carbocycles. The van der Waals surface area contributed by atoms with Crippen molar-refractivity contribution >= 4 is 15.9 Å². The quantitative estimate of drug-likeness (QED) is 0.869.